The molecule has 0 bridgehead atoms. The van der Waals surface area contributed by atoms with Crippen molar-refractivity contribution in [1.82, 2.24) is 19.7 Å². The zero-order valence-electron chi connectivity index (χ0n) is 15.9. The van der Waals surface area contributed by atoms with Crippen molar-refractivity contribution >= 4 is 22.2 Å². The molecule has 7 nitrogen and oxygen atoms in total. The van der Waals surface area contributed by atoms with Crippen molar-refractivity contribution < 1.29 is 19.3 Å². The van der Waals surface area contributed by atoms with Gasteiger partial charge in [0, 0.05) is 0 Å². The predicted molar refractivity (Wildman–Crippen MR) is 104 cm³/mol. The number of hydrogen-bond donors (Lipinski definition) is 2. The van der Waals surface area contributed by atoms with Gasteiger partial charge in [-0.05, 0) is 61.4 Å². The van der Waals surface area contributed by atoms with Crippen LogP contribution in [-0.4, -0.2) is 48.8 Å². The van der Waals surface area contributed by atoms with E-state index in [9.17, 15) is 14.6 Å². The summed E-state index contributed by atoms with van der Waals surface area (Å²) in [6, 6.07) is 9.79. The van der Waals surface area contributed by atoms with Gasteiger partial charge in [-0.3, -0.25) is 0 Å². The smallest absolute Gasteiger partial charge is 0.182 e. The SMILES string of the molecule is Cc1cc2nc3c(C4OCC(O)C4O)nn(-c4ccc(F)cc4)c3nc2cc1C. The van der Waals surface area contributed by atoms with Gasteiger partial charge in [0.1, 0.15) is 35.3 Å². The molecule has 29 heavy (non-hydrogen) atoms. The Bertz CT molecular complexity index is 1240. The number of aromatic nitrogens is 4. The molecule has 148 valence electrons. The first kappa shape index (κ1) is 18.1. The first-order chi connectivity index (χ1) is 13.9. The van der Waals surface area contributed by atoms with Crippen LogP contribution in [0.1, 0.15) is 22.9 Å². The molecule has 0 spiro atoms. The van der Waals surface area contributed by atoms with Crippen LogP contribution in [0.15, 0.2) is 36.4 Å². The van der Waals surface area contributed by atoms with Gasteiger partial charge in [-0.1, -0.05) is 0 Å². The molecular weight excluding hydrogens is 375 g/mol. The highest BCUT2D eigenvalue weighted by molar-refractivity contribution is 5.87. The van der Waals surface area contributed by atoms with Crippen molar-refractivity contribution in [3.8, 4) is 5.69 Å². The molecule has 1 aliphatic rings. The third kappa shape index (κ3) is 2.88. The quantitative estimate of drug-likeness (QED) is 0.543. The van der Waals surface area contributed by atoms with Crippen LogP contribution in [0.25, 0.3) is 27.9 Å². The monoisotopic (exact) mass is 394 g/mol. The summed E-state index contributed by atoms with van der Waals surface area (Å²) >= 11 is 0. The number of halogens is 1. The van der Waals surface area contributed by atoms with Gasteiger partial charge in [-0.25, -0.2) is 19.0 Å². The molecule has 2 aromatic heterocycles. The van der Waals surface area contributed by atoms with E-state index in [1.54, 1.807) is 16.8 Å². The van der Waals surface area contributed by atoms with E-state index < -0.39 is 18.3 Å². The van der Waals surface area contributed by atoms with E-state index in [0.717, 1.165) is 11.1 Å². The zero-order valence-corrected chi connectivity index (χ0v) is 15.9. The van der Waals surface area contributed by atoms with E-state index >= 15 is 0 Å². The largest absolute Gasteiger partial charge is 0.388 e. The predicted octanol–water partition coefficient (Wildman–Crippen LogP) is 2.52. The Morgan fingerprint density at radius 1 is 1.03 bits per heavy atom. The first-order valence-corrected chi connectivity index (χ1v) is 9.33. The third-order valence-corrected chi connectivity index (χ3v) is 5.40. The summed E-state index contributed by atoms with van der Waals surface area (Å²) in [7, 11) is 0. The second-order valence-corrected chi connectivity index (χ2v) is 7.41. The van der Waals surface area contributed by atoms with Crippen molar-refractivity contribution in [2.75, 3.05) is 6.61 Å². The van der Waals surface area contributed by atoms with Crippen LogP contribution < -0.4 is 0 Å². The number of aryl methyl sites for hydroxylation is 2. The average Bonchev–Trinajstić information content (AvgIpc) is 3.22. The number of nitrogens with zero attached hydrogens (tertiary/aromatic N) is 4. The second kappa shape index (κ2) is 6.55. The lowest BCUT2D eigenvalue weighted by atomic mass is 10.1. The van der Waals surface area contributed by atoms with E-state index in [1.165, 1.54) is 12.1 Å². The molecule has 1 aliphatic heterocycles. The topological polar surface area (TPSA) is 93.3 Å². The Morgan fingerprint density at radius 3 is 2.31 bits per heavy atom. The molecule has 0 aliphatic carbocycles. The zero-order chi connectivity index (χ0) is 20.3. The molecule has 1 fully saturated rings. The standard InChI is InChI=1S/C21H19FN4O3/c1-10-7-14-15(8-11(10)2)24-21-18(23-14)17(20-19(28)16(27)9-29-20)25-26(21)13-5-3-12(22)4-6-13/h3-8,16,19-20,27-28H,9H2,1-2H3. The highest BCUT2D eigenvalue weighted by Gasteiger charge is 2.39. The van der Waals surface area contributed by atoms with Crippen LogP contribution in [0.2, 0.25) is 0 Å². The molecule has 3 atom stereocenters. The lowest BCUT2D eigenvalue weighted by molar-refractivity contribution is 0.0209. The lowest BCUT2D eigenvalue weighted by Crippen LogP contribution is -2.25. The maximum absolute atomic E-state index is 13.4. The minimum Gasteiger partial charge on any atom is -0.388 e. The number of benzene rings is 2. The van der Waals surface area contributed by atoms with Crippen molar-refractivity contribution in [2.24, 2.45) is 0 Å². The molecule has 3 unspecified atom stereocenters. The van der Waals surface area contributed by atoms with Gasteiger partial charge >= 0.3 is 0 Å². The van der Waals surface area contributed by atoms with Crippen molar-refractivity contribution in [3.63, 3.8) is 0 Å². The fourth-order valence-electron chi connectivity index (χ4n) is 3.62. The van der Waals surface area contributed by atoms with Crippen molar-refractivity contribution in [1.29, 1.82) is 0 Å². The summed E-state index contributed by atoms with van der Waals surface area (Å²) in [5.74, 6) is -0.356. The molecule has 2 aromatic carbocycles. The fourth-order valence-corrected chi connectivity index (χ4v) is 3.62. The van der Waals surface area contributed by atoms with E-state index in [-0.39, 0.29) is 12.4 Å². The lowest BCUT2D eigenvalue weighted by Gasteiger charge is -2.12. The molecule has 2 N–H and O–H groups in total. The maximum atomic E-state index is 13.4. The van der Waals surface area contributed by atoms with Crippen molar-refractivity contribution in [2.45, 2.75) is 32.2 Å². The molecule has 0 amide bonds. The Morgan fingerprint density at radius 2 is 1.69 bits per heavy atom. The summed E-state index contributed by atoms with van der Waals surface area (Å²) in [6.07, 6.45) is -2.94. The van der Waals surface area contributed by atoms with Gasteiger partial charge in [0.2, 0.25) is 0 Å². The molecule has 0 radical (unpaired) electrons. The minimum absolute atomic E-state index is 0.00997. The maximum Gasteiger partial charge on any atom is 0.182 e. The van der Waals surface area contributed by atoms with Gasteiger partial charge < -0.3 is 14.9 Å². The third-order valence-electron chi connectivity index (χ3n) is 5.40. The van der Waals surface area contributed by atoms with E-state index in [0.29, 0.717) is 33.6 Å². The van der Waals surface area contributed by atoms with Crippen LogP contribution in [-0.2, 0) is 4.74 Å². The second-order valence-electron chi connectivity index (χ2n) is 7.41. The highest BCUT2D eigenvalue weighted by Crippen LogP contribution is 2.34. The van der Waals surface area contributed by atoms with Gasteiger partial charge in [-0.15, -0.1) is 0 Å². The number of rotatable bonds is 2. The average molecular weight is 394 g/mol. The summed E-state index contributed by atoms with van der Waals surface area (Å²) in [4.78, 5) is 9.51. The van der Waals surface area contributed by atoms with E-state index in [4.69, 9.17) is 14.7 Å². The molecule has 0 saturated carbocycles. The van der Waals surface area contributed by atoms with Gasteiger partial charge in [-0.2, -0.15) is 5.10 Å². The Kier molecular flexibility index (Phi) is 4.09. The first-order valence-electron chi connectivity index (χ1n) is 9.33. The number of ether oxygens (including phenoxy) is 1. The minimum atomic E-state index is -1.12. The summed E-state index contributed by atoms with van der Waals surface area (Å²) in [5, 5.41) is 24.9. The molecule has 3 heterocycles. The fraction of sp³-hybridized carbons (Fsp3) is 0.286. The summed E-state index contributed by atoms with van der Waals surface area (Å²) < 4.78 is 20.6. The van der Waals surface area contributed by atoms with Crippen LogP contribution in [0.4, 0.5) is 4.39 Å². The molecule has 4 aromatic rings. The van der Waals surface area contributed by atoms with Crippen LogP contribution >= 0.6 is 0 Å². The number of aliphatic hydroxyl groups is 2. The van der Waals surface area contributed by atoms with Gasteiger partial charge in [0.25, 0.3) is 0 Å². The Labute approximate surface area is 165 Å². The number of hydrogen-bond acceptors (Lipinski definition) is 6. The van der Waals surface area contributed by atoms with Crippen LogP contribution in [0.5, 0.6) is 0 Å². The van der Waals surface area contributed by atoms with Gasteiger partial charge in [0.15, 0.2) is 5.65 Å². The van der Waals surface area contributed by atoms with E-state index in [2.05, 4.69) is 5.10 Å². The highest BCUT2D eigenvalue weighted by atomic mass is 19.1. The van der Waals surface area contributed by atoms with Crippen LogP contribution in [0, 0.1) is 19.7 Å². The van der Waals surface area contributed by atoms with Crippen LogP contribution in [0.3, 0.4) is 0 Å². The molecule has 1 saturated heterocycles. The molecular formula is C21H19FN4O3. The summed E-state index contributed by atoms with van der Waals surface area (Å²) in [6.45, 7) is 4.02. The summed E-state index contributed by atoms with van der Waals surface area (Å²) in [5.41, 5.74) is 5.54. The Balaban J connectivity index is 1.80. The molecule has 8 heteroatoms. The van der Waals surface area contributed by atoms with Crippen molar-refractivity contribution in [3.05, 3.63) is 59.0 Å². The number of fused-ring (bicyclic) bond motifs is 2. The van der Waals surface area contributed by atoms with Gasteiger partial charge in [0.05, 0.1) is 23.3 Å². The number of aliphatic hydroxyl groups excluding tert-OH is 2. The molecule has 5 rings (SSSR count). The normalized spacial score (nSPS) is 22.0. The van der Waals surface area contributed by atoms with E-state index in [1.807, 2.05) is 26.0 Å². The Hall–Kier alpha value is -2.94.